The topological polar surface area (TPSA) is 43.1 Å². The van der Waals surface area contributed by atoms with Gasteiger partial charge in [-0.15, -0.1) is 0 Å². The van der Waals surface area contributed by atoms with Gasteiger partial charge in [-0.1, -0.05) is 22.9 Å². The minimum atomic E-state index is -0.0138. The second-order valence-corrected chi connectivity index (χ2v) is 4.23. The first-order chi connectivity index (χ1) is 7.11. The highest BCUT2D eigenvalue weighted by Crippen LogP contribution is 2.25. The molecule has 0 spiro atoms. The molecule has 0 radical (unpaired) electrons. The number of rotatable bonds is 2. The second kappa shape index (κ2) is 3.77. The van der Waals surface area contributed by atoms with Crippen LogP contribution in [0.1, 0.15) is 30.1 Å². The van der Waals surface area contributed by atoms with Gasteiger partial charge in [0.25, 0.3) is 0 Å². The molecule has 4 heteroatoms. The number of carbonyl (C=O) groups is 1. The number of nitrogens with zero attached hydrogens (tertiary/aromatic N) is 1. The SMILES string of the molecule is CCc1nc2cc(Br)cc(C(C)=O)c2o1. The summed E-state index contributed by atoms with van der Waals surface area (Å²) in [5, 5.41) is 0. The molecule has 0 aliphatic heterocycles. The predicted molar refractivity (Wildman–Crippen MR) is 61.1 cm³/mol. The average molecular weight is 268 g/mol. The van der Waals surface area contributed by atoms with Crippen LogP contribution in [0.15, 0.2) is 21.0 Å². The number of oxazole rings is 1. The molecule has 78 valence electrons. The maximum absolute atomic E-state index is 11.4. The number of fused-ring (bicyclic) bond motifs is 1. The van der Waals surface area contributed by atoms with E-state index >= 15 is 0 Å². The third-order valence-electron chi connectivity index (χ3n) is 2.18. The number of ketones is 1. The largest absolute Gasteiger partial charge is 0.440 e. The Balaban J connectivity index is 2.77. The van der Waals surface area contributed by atoms with Crippen molar-refractivity contribution in [1.29, 1.82) is 0 Å². The lowest BCUT2D eigenvalue weighted by molar-refractivity contribution is 0.101. The van der Waals surface area contributed by atoms with Gasteiger partial charge in [-0.25, -0.2) is 4.98 Å². The van der Waals surface area contributed by atoms with Crippen molar-refractivity contribution in [1.82, 2.24) is 4.98 Å². The Bertz CT molecular complexity index is 531. The lowest BCUT2D eigenvalue weighted by Gasteiger charge is -1.97. The summed E-state index contributed by atoms with van der Waals surface area (Å²) in [5.74, 6) is 0.644. The number of Topliss-reactive ketones (excluding diaryl/α,β-unsaturated/α-hetero) is 1. The first-order valence-electron chi connectivity index (χ1n) is 4.71. The molecule has 15 heavy (non-hydrogen) atoms. The minimum absolute atomic E-state index is 0.0138. The molecule has 0 fully saturated rings. The number of aromatic nitrogens is 1. The van der Waals surface area contributed by atoms with Crippen molar-refractivity contribution >= 4 is 32.8 Å². The Morgan fingerprint density at radius 2 is 2.27 bits per heavy atom. The van der Waals surface area contributed by atoms with Crippen LogP contribution in [0.2, 0.25) is 0 Å². The Morgan fingerprint density at radius 3 is 2.87 bits per heavy atom. The molecular formula is C11H10BrNO2. The van der Waals surface area contributed by atoms with Gasteiger partial charge in [0.2, 0.25) is 0 Å². The summed E-state index contributed by atoms with van der Waals surface area (Å²) in [5.41, 5.74) is 1.89. The van der Waals surface area contributed by atoms with Gasteiger partial charge in [-0.3, -0.25) is 4.79 Å². The Kier molecular flexibility index (Phi) is 2.61. The van der Waals surface area contributed by atoms with E-state index in [0.717, 1.165) is 16.4 Å². The molecular weight excluding hydrogens is 258 g/mol. The fourth-order valence-electron chi connectivity index (χ4n) is 1.46. The summed E-state index contributed by atoms with van der Waals surface area (Å²) in [6.07, 6.45) is 0.726. The highest BCUT2D eigenvalue weighted by molar-refractivity contribution is 9.10. The monoisotopic (exact) mass is 267 g/mol. The lowest BCUT2D eigenvalue weighted by atomic mass is 10.1. The lowest BCUT2D eigenvalue weighted by Crippen LogP contribution is -1.92. The van der Waals surface area contributed by atoms with Crippen molar-refractivity contribution in [3.8, 4) is 0 Å². The Hall–Kier alpha value is -1.16. The zero-order valence-electron chi connectivity index (χ0n) is 8.50. The molecule has 1 heterocycles. The van der Waals surface area contributed by atoms with E-state index in [1.165, 1.54) is 6.92 Å². The van der Waals surface area contributed by atoms with Gasteiger partial charge in [-0.05, 0) is 19.1 Å². The van der Waals surface area contributed by atoms with E-state index < -0.39 is 0 Å². The molecule has 0 bridgehead atoms. The normalized spacial score (nSPS) is 10.9. The molecule has 0 saturated heterocycles. The summed E-state index contributed by atoms with van der Waals surface area (Å²) >= 11 is 3.35. The summed E-state index contributed by atoms with van der Waals surface area (Å²) in [6.45, 7) is 3.49. The predicted octanol–water partition coefficient (Wildman–Crippen LogP) is 3.36. The van der Waals surface area contributed by atoms with Crippen LogP contribution in [-0.4, -0.2) is 10.8 Å². The third-order valence-corrected chi connectivity index (χ3v) is 2.64. The highest BCUT2D eigenvalue weighted by atomic mass is 79.9. The molecule has 3 nitrogen and oxygen atoms in total. The van der Waals surface area contributed by atoms with E-state index in [2.05, 4.69) is 20.9 Å². The Morgan fingerprint density at radius 1 is 1.53 bits per heavy atom. The smallest absolute Gasteiger partial charge is 0.195 e. The highest BCUT2D eigenvalue weighted by Gasteiger charge is 2.13. The molecule has 2 rings (SSSR count). The standard InChI is InChI=1S/C11H10BrNO2/c1-3-10-13-9-5-7(12)4-8(6(2)14)11(9)15-10/h4-5H,3H2,1-2H3. The van der Waals surface area contributed by atoms with E-state index in [9.17, 15) is 4.79 Å². The van der Waals surface area contributed by atoms with Crippen LogP contribution in [0, 0.1) is 0 Å². The zero-order chi connectivity index (χ0) is 11.0. The maximum atomic E-state index is 11.4. The van der Waals surface area contributed by atoms with Crippen LogP contribution in [0.5, 0.6) is 0 Å². The number of hydrogen-bond acceptors (Lipinski definition) is 3. The zero-order valence-corrected chi connectivity index (χ0v) is 10.1. The number of aryl methyl sites for hydroxylation is 1. The van der Waals surface area contributed by atoms with E-state index in [0.29, 0.717) is 17.0 Å². The summed E-state index contributed by atoms with van der Waals surface area (Å²) < 4.78 is 6.36. The number of benzene rings is 1. The quantitative estimate of drug-likeness (QED) is 0.784. The summed E-state index contributed by atoms with van der Waals surface area (Å²) in [7, 11) is 0. The molecule has 0 N–H and O–H groups in total. The molecule has 0 unspecified atom stereocenters. The van der Waals surface area contributed by atoms with Crippen molar-refractivity contribution in [3.63, 3.8) is 0 Å². The van der Waals surface area contributed by atoms with E-state index in [1.54, 1.807) is 6.07 Å². The minimum Gasteiger partial charge on any atom is -0.440 e. The van der Waals surface area contributed by atoms with Crippen molar-refractivity contribution < 1.29 is 9.21 Å². The van der Waals surface area contributed by atoms with E-state index in [-0.39, 0.29) is 5.78 Å². The molecule has 0 amide bonds. The number of hydrogen-bond donors (Lipinski definition) is 0. The van der Waals surface area contributed by atoms with Gasteiger partial charge in [-0.2, -0.15) is 0 Å². The van der Waals surface area contributed by atoms with Crippen molar-refractivity contribution in [2.75, 3.05) is 0 Å². The van der Waals surface area contributed by atoms with Crippen LogP contribution in [0.3, 0.4) is 0 Å². The molecule has 0 aliphatic rings. The van der Waals surface area contributed by atoms with Crippen LogP contribution in [-0.2, 0) is 6.42 Å². The molecule has 0 atom stereocenters. The van der Waals surface area contributed by atoms with Crippen molar-refractivity contribution in [2.45, 2.75) is 20.3 Å². The second-order valence-electron chi connectivity index (χ2n) is 3.32. The number of halogens is 1. The van der Waals surface area contributed by atoms with Gasteiger partial charge in [0, 0.05) is 10.9 Å². The fourth-order valence-corrected chi connectivity index (χ4v) is 1.90. The number of carbonyl (C=O) groups excluding carboxylic acids is 1. The van der Waals surface area contributed by atoms with E-state index in [4.69, 9.17) is 4.42 Å². The van der Waals surface area contributed by atoms with Crippen LogP contribution < -0.4 is 0 Å². The fraction of sp³-hybridized carbons (Fsp3) is 0.273. The Labute approximate surface area is 95.6 Å². The van der Waals surface area contributed by atoms with Crippen LogP contribution >= 0.6 is 15.9 Å². The third kappa shape index (κ3) is 1.81. The molecule has 1 aromatic carbocycles. The average Bonchev–Trinajstić information content (AvgIpc) is 2.58. The molecule has 2 aromatic rings. The van der Waals surface area contributed by atoms with Gasteiger partial charge in [0.1, 0.15) is 5.52 Å². The van der Waals surface area contributed by atoms with Crippen molar-refractivity contribution in [3.05, 3.63) is 28.1 Å². The summed E-state index contributed by atoms with van der Waals surface area (Å²) in [4.78, 5) is 15.7. The molecule has 1 aromatic heterocycles. The first-order valence-corrected chi connectivity index (χ1v) is 5.51. The molecule has 0 saturated carbocycles. The van der Waals surface area contributed by atoms with Crippen LogP contribution in [0.4, 0.5) is 0 Å². The van der Waals surface area contributed by atoms with Crippen molar-refractivity contribution in [2.24, 2.45) is 0 Å². The van der Waals surface area contributed by atoms with Gasteiger partial charge in [0.05, 0.1) is 5.56 Å². The summed E-state index contributed by atoms with van der Waals surface area (Å²) in [6, 6.07) is 3.61. The maximum Gasteiger partial charge on any atom is 0.195 e. The first kappa shape index (κ1) is 10.4. The van der Waals surface area contributed by atoms with Gasteiger partial charge >= 0.3 is 0 Å². The molecule has 0 aliphatic carbocycles. The van der Waals surface area contributed by atoms with E-state index in [1.807, 2.05) is 13.0 Å². The van der Waals surface area contributed by atoms with Gasteiger partial charge in [0.15, 0.2) is 17.3 Å². The van der Waals surface area contributed by atoms with Gasteiger partial charge < -0.3 is 4.42 Å². The van der Waals surface area contributed by atoms with Crippen LogP contribution in [0.25, 0.3) is 11.1 Å².